The Bertz CT molecular complexity index is 621. The van der Waals surface area contributed by atoms with E-state index >= 15 is 0 Å². The lowest BCUT2D eigenvalue weighted by atomic mass is 9.81. The number of rotatable bonds is 3. The minimum absolute atomic E-state index is 0.0640. The first kappa shape index (κ1) is 16.2. The number of hydrogen-bond donors (Lipinski definition) is 2. The summed E-state index contributed by atoms with van der Waals surface area (Å²) >= 11 is 0. The SMILES string of the molecule is Cc1c(F)cc(N)cc1S(=O)(=O)NC1CC(C)CC(C)C1. The van der Waals surface area contributed by atoms with Gasteiger partial charge in [0.1, 0.15) is 5.82 Å². The first-order valence-electron chi connectivity index (χ1n) is 7.27. The van der Waals surface area contributed by atoms with Gasteiger partial charge in [-0.15, -0.1) is 0 Å². The molecule has 0 radical (unpaired) electrons. The molecule has 3 N–H and O–H groups in total. The minimum Gasteiger partial charge on any atom is -0.399 e. The zero-order valence-corrected chi connectivity index (χ0v) is 13.5. The van der Waals surface area contributed by atoms with Crippen LogP contribution in [0.4, 0.5) is 10.1 Å². The third-order valence-corrected chi connectivity index (χ3v) is 5.76. The van der Waals surface area contributed by atoms with Gasteiger partial charge in [0.05, 0.1) is 4.90 Å². The van der Waals surface area contributed by atoms with Crippen LogP contribution in [0.5, 0.6) is 0 Å². The summed E-state index contributed by atoms with van der Waals surface area (Å²) in [5, 5.41) is 0. The van der Waals surface area contributed by atoms with Gasteiger partial charge in [0, 0.05) is 17.3 Å². The molecule has 21 heavy (non-hydrogen) atoms. The van der Waals surface area contributed by atoms with Crippen LogP contribution in [-0.4, -0.2) is 14.5 Å². The van der Waals surface area contributed by atoms with Crippen molar-refractivity contribution in [2.24, 2.45) is 11.8 Å². The van der Waals surface area contributed by atoms with Gasteiger partial charge in [0.25, 0.3) is 0 Å². The molecule has 1 saturated carbocycles. The second-order valence-corrected chi connectivity index (χ2v) is 8.04. The average molecular weight is 314 g/mol. The Morgan fingerprint density at radius 3 is 2.33 bits per heavy atom. The highest BCUT2D eigenvalue weighted by atomic mass is 32.2. The zero-order valence-electron chi connectivity index (χ0n) is 12.7. The van der Waals surface area contributed by atoms with Gasteiger partial charge in [0.2, 0.25) is 10.0 Å². The van der Waals surface area contributed by atoms with Crippen LogP contribution in [0.2, 0.25) is 0 Å². The molecule has 0 heterocycles. The lowest BCUT2D eigenvalue weighted by Gasteiger charge is -2.31. The van der Waals surface area contributed by atoms with Crippen molar-refractivity contribution in [1.29, 1.82) is 0 Å². The predicted octanol–water partition coefficient (Wildman–Crippen LogP) is 2.82. The first-order chi connectivity index (χ1) is 9.69. The quantitative estimate of drug-likeness (QED) is 0.843. The zero-order chi connectivity index (χ0) is 15.8. The van der Waals surface area contributed by atoms with E-state index in [1.807, 2.05) is 0 Å². The van der Waals surface area contributed by atoms with Gasteiger partial charge >= 0.3 is 0 Å². The van der Waals surface area contributed by atoms with Crippen molar-refractivity contribution in [2.75, 3.05) is 5.73 Å². The summed E-state index contributed by atoms with van der Waals surface area (Å²) in [6.45, 7) is 5.71. The van der Waals surface area contributed by atoms with Gasteiger partial charge < -0.3 is 5.73 Å². The molecule has 0 amide bonds. The molecule has 2 rings (SSSR count). The van der Waals surface area contributed by atoms with Crippen LogP contribution in [0.25, 0.3) is 0 Å². The topological polar surface area (TPSA) is 72.2 Å². The third kappa shape index (κ3) is 3.74. The molecule has 2 unspecified atom stereocenters. The third-order valence-electron chi connectivity index (χ3n) is 4.11. The average Bonchev–Trinajstić information content (AvgIpc) is 2.31. The van der Waals surface area contributed by atoms with Crippen LogP contribution in [0, 0.1) is 24.6 Å². The molecule has 118 valence electrons. The number of halogens is 1. The summed E-state index contributed by atoms with van der Waals surface area (Å²) in [7, 11) is -3.75. The molecule has 1 fully saturated rings. The molecule has 2 atom stereocenters. The Labute approximate surface area is 126 Å². The fraction of sp³-hybridized carbons (Fsp3) is 0.600. The molecule has 0 saturated heterocycles. The van der Waals surface area contributed by atoms with E-state index in [9.17, 15) is 12.8 Å². The van der Waals surface area contributed by atoms with E-state index in [2.05, 4.69) is 18.6 Å². The van der Waals surface area contributed by atoms with Crippen molar-refractivity contribution in [3.8, 4) is 0 Å². The van der Waals surface area contributed by atoms with Crippen LogP contribution in [0.15, 0.2) is 17.0 Å². The van der Waals surface area contributed by atoms with Gasteiger partial charge in [-0.2, -0.15) is 0 Å². The number of benzene rings is 1. The Morgan fingerprint density at radius 2 is 1.76 bits per heavy atom. The smallest absolute Gasteiger partial charge is 0.241 e. The standard InChI is InChI=1S/C15H23FN2O2S/c1-9-4-10(2)6-13(5-9)18-21(19,20)15-8-12(17)7-14(16)11(15)3/h7-10,13,18H,4-6,17H2,1-3H3. The summed E-state index contributed by atoms with van der Waals surface area (Å²) in [5.41, 5.74) is 5.79. The van der Waals surface area contributed by atoms with E-state index in [-0.39, 0.29) is 22.2 Å². The van der Waals surface area contributed by atoms with Crippen molar-refractivity contribution >= 4 is 15.7 Å². The maximum absolute atomic E-state index is 13.7. The predicted molar refractivity (Wildman–Crippen MR) is 81.8 cm³/mol. The largest absolute Gasteiger partial charge is 0.399 e. The van der Waals surface area contributed by atoms with E-state index in [1.54, 1.807) is 0 Å². The maximum atomic E-state index is 13.7. The van der Waals surface area contributed by atoms with Gasteiger partial charge in [-0.1, -0.05) is 13.8 Å². The summed E-state index contributed by atoms with van der Waals surface area (Å²) in [5.74, 6) is 0.376. The molecular formula is C15H23FN2O2S. The van der Waals surface area contributed by atoms with Crippen molar-refractivity contribution in [2.45, 2.75) is 51.0 Å². The molecule has 0 aliphatic heterocycles. The number of nitrogens with one attached hydrogen (secondary N) is 1. The van der Waals surface area contributed by atoms with E-state index < -0.39 is 15.8 Å². The van der Waals surface area contributed by atoms with Crippen molar-refractivity contribution in [3.63, 3.8) is 0 Å². The summed E-state index contributed by atoms with van der Waals surface area (Å²) in [6, 6.07) is 2.35. The molecule has 4 nitrogen and oxygen atoms in total. The number of hydrogen-bond acceptors (Lipinski definition) is 3. The Morgan fingerprint density at radius 1 is 1.19 bits per heavy atom. The molecule has 0 aromatic heterocycles. The lowest BCUT2D eigenvalue weighted by Crippen LogP contribution is -2.40. The van der Waals surface area contributed by atoms with Crippen molar-refractivity contribution in [1.82, 2.24) is 4.72 Å². The van der Waals surface area contributed by atoms with E-state index in [4.69, 9.17) is 5.73 Å². The highest BCUT2D eigenvalue weighted by molar-refractivity contribution is 7.89. The molecule has 1 aromatic rings. The van der Waals surface area contributed by atoms with E-state index in [0.717, 1.165) is 25.3 Å². The Balaban J connectivity index is 2.27. The Hall–Kier alpha value is -1.14. The van der Waals surface area contributed by atoms with Crippen LogP contribution in [0.3, 0.4) is 0 Å². The van der Waals surface area contributed by atoms with E-state index in [0.29, 0.717) is 11.8 Å². The second kappa shape index (κ2) is 5.93. The molecular weight excluding hydrogens is 291 g/mol. The number of nitrogen functional groups attached to an aromatic ring is 1. The van der Waals surface area contributed by atoms with Crippen LogP contribution >= 0.6 is 0 Å². The summed E-state index contributed by atoms with van der Waals surface area (Å²) < 4.78 is 41.4. The first-order valence-corrected chi connectivity index (χ1v) is 8.75. The molecule has 1 aromatic carbocycles. The minimum atomic E-state index is -3.75. The number of anilines is 1. The van der Waals surface area contributed by atoms with Crippen LogP contribution in [0.1, 0.15) is 38.7 Å². The molecule has 6 heteroatoms. The van der Waals surface area contributed by atoms with Gasteiger partial charge in [-0.05, 0) is 50.2 Å². The summed E-state index contributed by atoms with van der Waals surface area (Å²) in [6.07, 6.45) is 2.74. The normalized spacial score (nSPS) is 26.8. The second-order valence-electron chi connectivity index (χ2n) is 6.36. The Kier molecular flexibility index (Phi) is 4.58. The van der Waals surface area contributed by atoms with Gasteiger partial charge in [-0.25, -0.2) is 17.5 Å². The van der Waals surface area contributed by atoms with Gasteiger partial charge in [0.15, 0.2) is 0 Å². The maximum Gasteiger partial charge on any atom is 0.241 e. The molecule has 0 spiro atoms. The fourth-order valence-electron chi connectivity index (χ4n) is 3.28. The highest BCUT2D eigenvalue weighted by Crippen LogP contribution is 2.30. The van der Waals surface area contributed by atoms with Crippen molar-refractivity contribution in [3.05, 3.63) is 23.5 Å². The number of sulfonamides is 1. The molecule has 0 bridgehead atoms. The molecule has 1 aliphatic rings. The number of nitrogens with two attached hydrogens (primary N) is 1. The fourth-order valence-corrected chi connectivity index (χ4v) is 4.83. The van der Waals surface area contributed by atoms with Gasteiger partial charge in [-0.3, -0.25) is 0 Å². The summed E-state index contributed by atoms with van der Waals surface area (Å²) in [4.78, 5) is -0.0640. The van der Waals surface area contributed by atoms with Crippen LogP contribution < -0.4 is 10.5 Å². The highest BCUT2D eigenvalue weighted by Gasteiger charge is 2.29. The molecule has 1 aliphatic carbocycles. The van der Waals surface area contributed by atoms with Crippen LogP contribution in [-0.2, 0) is 10.0 Å². The van der Waals surface area contributed by atoms with Crippen molar-refractivity contribution < 1.29 is 12.8 Å². The lowest BCUT2D eigenvalue weighted by molar-refractivity contribution is 0.257. The van der Waals surface area contributed by atoms with E-state index in [1.165, 1.54) is 13.0 Å². The monoisotopic (exact) mass is 314 g/mol.